The van der Waals surface area contributed by atoms with E-state index in [1.807, 2.05) is 0 Å². The number of aryl methyl sites for hydroxylation is 1. The first-order valence-corrected chi connectivity index (χ1v) is 18.8. The maximum absolute atomic E-state index is 2.59. The van der Waals surface area contributed by atoms with E-state index in [1.54, 1.807) is 11.1 Å². The SMILES string of the molecule is Cc1cccc(-n2c3c(c4cc(C5CCC=CC=C5c5ccc6c(c5)C5=C(C7CC7C=C5)C57C=CC=CC65C7)ccc42)C=CCCC3C)c1. The second-order valence-corrected chi connectivity index (χ2v) is 16.1. The number of benzene rings is 3. The highest BCUT2D eigenvalue weighted by molar-refractivity contribution is 5.95. The van der Waals surface area contributed by atoms with Gasteiger partial charge in [-0.05, 0) is 138 Å². The molecule has 0 spiro atoms. The van der Waals surface area contributed by atoms with Gasteiger partial charge in [-0.3, -0.25) is 0 Å². The Bertz CT molecular complexity index is 2340. The molecule has 2 saturated carbocycles. The minimum Gasteiger partial charge on any atom is -0.313 e. The zero-order chi connectivity index (χ0) is 32.5. The van der Waals surface area contributed by atoms with Gasteiger partial charge in [0.25, 0.3) is 0 Å². The minimum atomic E-state index is 0.155. The van der Waals surface area contributed by atoms with Gasteiger partial charge in [-0.2, -0.15) is 0 Å². The van der Waals surface area contributed by atoms with Crippen LogP contribution >= 0.6 is 0 Å². The molecule has 1 heterocycles. The first-order chi connectivity index (χ1) is 24.1. The van der Waals surface area contributed by atoms with E-state index in [0.29, 0.717) is 11.8 Å². The molecule has 1 heteroatoms. The van der Waals surface area contributed by atoms with Crippen molar-refractivity contribution < 1.29 is 0 Å². The van der Waals surface area contributed by atoms with E-state index < -0.39 is 0 Å². The highest BCUT2D eigenvalue weighted by Crippen LogP contribution is 2.79. The fourth-order valence-electron chi connectivity index (χ4n) is 10.9. The monoisotopic (exact) mass is 633 g/mol. The van der Waals surface area contributed by atoms with Crippen molar-refractivity contribution in [3.8, 4) is 5.69 Å². The van der Waals surface area contributed by atoms with E-state index in [1.165, 1.54) is 80.5 Å². The van der Waals surface area contributed by atoms with Crippen molar-refractivity contribution in [2.45, 2.75) is 69.6 Å². The van der Waals surface area contributed by atoms with Gasteiger partial charge >= 0.3 is 0 Å². The number of hydrogen-bond acceptors (Lipinski definition) is 0. The Morgan fingerprint density at radius 3 is 2.65 bits per heavy atom. The summed E-state index contributed by atoms with van der Waals surface area (Å²) in [6.45, 7) is 4.63. The number of fused-ring (bicyclic) bond motifs is 7. The molecule has 7 aliphatic rings. The van der Waals surface area contributed by atoms with Crippen LogP contribution in [-0.4, -0.2) is 4.57 Å². The highest BCUT2D eigenvalue weighted by atomic mass is 15.0. The standard InChI is InChI=1S/C48H43N/c1-30-11-10-13-35(25-30)49-44-22-19-33(28-42(44)39-16-7-6-12-31(2)46(39)49)37-15-5-3-4-14-36(37)32-18-21-43-41(27-32)38-20-17-34-26-40(34)45(38)48-24-9-8-23-47(43,48)29-48/h3-4,7-11,13-14,16-25,27-28,31,34,37,40H,5-6,12,15,26,29H2,1-2H3. The molecule has 0 amide bonds. The summed E-state index contributed by atoms with van der Waals surface area (Å²) in [7, 11) is 0. The lowest BCUT2D eigenvalue weighted by molar-refractivity contribution is 0.599. The lowest BCUT2D eigenvalue weighted by Gasteiger charge is -2.36. The van der Waals surface area contributed by atoms with E-state index in [0.717, 1.165) is 31.1 Å². The Labute approximate surface area is 290 Å². The number of nitrogens with zero attached hydrogens (tertiary/aromatic N) is 1. The molecular weight excluding hydrogens is 591 g/mol. The van der Waals surface area contributed by atoms with Crippen molar-refractivity contribution in [1.29, 1.82) is 0 Å². The van der Waals surface area contributed by atoms with Gasteiger partial charge in [0, 0.05) is 39.1 Å². The van der Waals surface area contributed by atoms with Crippen LogP contribution in [0.4, 0.5) is 0 Å². The molecule has 0 radical (unpaired) electrons. The number of aromatic nitrogens is 1. The van der Waals surface area contributed by atoms with Gasteiger partial charge in [-0.15, -0.1) is 0 Å². The molecule has 2 fully saturated rings. The van der Waals surface area contributed by atoms with Crippen molar-refractivity contribution in [1.82, 2.24) is 4.57 Å². The molecule has 0 bridgehead atoms. The number of hydrogen-bond donors (Lipinski definition) is 0. The smallest absolute Gasteiger partial charge is 0.0538 e. The maximum atomic E-state index is 2.59. The largest absolute Gasteiger partial charge is 0.313 e. The van der Waals surface area contributed by atoms with Crippen LogP contribution in [0.5, 0.6) is 0 Å². The van der Waals surface area contributed by atoms with Crippen LogP contribution in [0.25, 0.3) is 33.8 Å². The van der Waals surface area contributed by atoms with Crippen molar-refractivity contribution in [3.05, 3.63) is 166 Å². The molecular formula is C48H43N. The molecule has 6 atom stereocenters. The number of allylic oxidation sites excluding steroid dienone is 13. The quantitative estimate of drug-likeness (QED) is 0.212. The summed E-state index contributed by atoms with van der Waals surface area (Å²) in [5.41, 5.74) is 17.8. The zero-order valence-corrected chi connectivity index (χ0v) is 28.6. The second-order valence-electron chi connectivity index (χ2n) is 16.1. The molecule has 4 aromatic rings. The van der Waals surface area contributed by atoms with E-state index in [2.05, 4.69) is 146 Å². The third-order valence-electron chi connectivity index (χ3n) is 13.4. The van der Waals surface area contributed by atoms with Gasteiger partial charge in [0.15, 0.2) is 0 Å². The number of rotatable bonds is 3. The van der Waals surface area contributed by atoms with Gasteiger partial charge in [-0.25, -0.2) is 0 Å². The van der Waals surface area contributed by atoms with Crippen LogP contribution in [0.15, 0.2) is 127 Å². The van der Waals surface area contributed by atoms with E-state index in [9.17, 15) is 0 Å². The summed E-state index contributed by atoms with van der Waals surface area (Å²) >= 11 is 0. The minimum absolute atomic E-state index is 0.155. The summed E-state index contributed by atoms with van der Waals surface area (Å²) in [4.78, 5) is 0. The zero-order valence-electron chi connectivity index (χ0n) is 28.6. The van der Waals surface area contributed by atoms with E-state index >= 15 is 0 Å². The topological polar surface area (TPSA) is 4.93 Å². The lowest BCUT2D eigenvalue weighted by atomic mass is 9.67. The normalized spacial score (nSPS) is 31.2. The van der Waals surface area contributed by atoms with Gasteiger partial charge in [0.1, 0.15) is 0 Å². The first kappa shape index (κ1) is 28.2. The van der Waals surface area contributed by atoms with Crippen LogP contribution in [0.3, 0.4) is 0 Å². The molecule has 1 aromatic heterocycles. The van der Waals surface area contributed by atoms with Crippen LogP contribution < -0.4 is 0 Å². The molecule has 11 rings (SSSR count). The molecule has 0 N–H and O–H groups in total. The van der Waals surface area contributed by atoms with Gasteiger partial charge in [0.05, 0.1) is 5.52 Å². The predicted molar refractivity (Wildman–Crippen MR) is 205 cm³/mol. The maximum Gasteiger partial charge on any atom is 0.0538 e. The summed E-state index contributed by atoms with van der Waals surface area (Å²) in [6.07, 6.45) is 33.8. The fraction of sp³-hybridized carbons (Fsp3) is 0.292. The molecule has 240 valence electrons. The lowest BCUT2D eigenvalue weighted by Crippen LogP contribution is -2.27. The summed E-state index contributed by atoms with van der Waals surface area (Å²) in [6, 6.07) is 24.0. The Morgan fingerprint density at radius 1 is 0.837 bits per heavy atom. The van der Waals surface area contributed by atoms with Crippen molar-refractivity contribution in [3.63, 3.8) is 0 Å². The Balaban J connectivity index is 1.06. The Morgan fingerprint density at radius 2 is 1.73 bits per heavy atom. The average molecular weight is 634 g/mol. The molecule has 7 aliphatic carbocycles. The van der Waals surface area contributed by atoms with Crippen molar-refractivity contribution in [2.75, 3.05) is 0 Å². The summed E-state index contributed by atoms with van der Waals surface area (Å²) < 4.78 is 2.57. The summed E-state index contributed by atoms with van der Waals surface area (Å²) in [5, 5.41) is 1.39. The summed E-state index contributed by atoms with van der Waals surface area (Å²) in [5.74, 6) is 2.34. The molecule has 3 aromatic carbocycles. The first-order valence-electron chi connectivity index (χ1n) is 18.8. The third-order valence-corrected chi connectivity index (χ3v) is 13.4. The van der Waals surface area contributed by atoms with Crippen molar-refractivity contribution >= 4 is 28.1 Å². The second kappa shape index (κ2) is 9.97. The Hall–Kier alpha value is -4.62. The average Bonchev–Trinajstić information content (AvgIpc) is 4.03. The predicted octanol–water partition coefficient (Wildman–Crippen LogP) is 12.1. The Kier molecular flexibility index (Phi) is 5.75. The van der Waals surface area contributed by atoms with Crippen LogP contribution in [0, 0.1) is 24.2 Å². The molecule has 0 saturated heterocycles. The molecule has 49 heavy (non-hydrogen) atoms. The fourth-order valence-corrected chi connectivity index (χ4v) is 10.9. The van der Waals surface area contributed by atoms with Crippen LogP contribution in [0.2, 0.25) is 0 Å². The van der Waals surface area contributed by atoms with E-state index in [-0.39, 0.29) is 10.8 Å². The van der Waals surface area contributed by atoms with Gasteiger partial charge in [0.2, 0.25) is 0 Å². The molecule has 6 unspecified atom stereocenters. The molecule has 0 aliphatic heterocycles. The van der Waals surface area contributed by atoms with Crippen LogP contribution in [0.1, 0.15) is 96.4 Å². The van der Waals surface area contributed by atoms with Crippen LogP contribution in [-0.2, 0) is 5.41 Å². The highest BCUT2D eigenvalue weighted by Gasteiger charge is 2.72. The molecule has 1 nitrogen and oxygen atoms in total. The third kappa shape index (κ3) is 3.82. The van der Waals surface area contributed by atoms with Crippen molar-refractivity contribution in [2.24, 2.45) is 17.3 Å². The van der Waals surface area contributed by atoms with Gasteiger partial charge in [-0.1, -0.05) is 104 Å². The van der Waals surface area contributed by atoms with Gasteiger partial charge < -0.3 is 4.57 Å². The van der Waals surface area contributed by atoms with E-state index in [4.69, 9.17) is 0 Å².